The van der Waals surface area contributed by atoms with Crippen molar-refractivity contribution in [2.24, 2.45) is 0 Å². The third-order valence-electron chi connectivity index (χ3n) is 4.68. The minimum absolute atomic E-state index is 0.119. The van der Waals surface area contributed by atoms with Crippen molar-refractivity contribution >= 4 is 24.2 Å². The number of methoxy groups -OCH3 is 1. The molecule has 1 heterocycles. The third kappa shape index (κ3) is 4.36. The van der Waals surface area contributed by atoms with E-state index in [0.717, 1.165) is 12.8 Å². The van der Waals surface area contributed by atoms with E-state index in [1.807, 2.05) is 6.07 Å². The largest absolute Gasteiger partial charge is 0.493 e. The number of hydrogen-bond acceptors (Lipinski definition) is 6. The van der Waals surface area contributed by atoms with Crippen LogP contribution >= 0.6 is 12.6 Å². The highest BCUT2D eigenvalue weighted by atomic mass is 32.1. The number of ether oxygens (including phenoxy) is 2. The van der Waals surface area contributed by atoms with Gasteiger partial charge in [0.1, 0.15) is 23.6 Å². The van der Waals surface area contributed by atoms with E-state index in [9.17, 15) is 14.4 Å². The Labute approximate surface area is 180 Å². The van der Waals surface area contributed by atoms with Crippen molar-refractivity contribution in [1.29, 1.82) is 5.26 Å². The van der Waals surface area contributed by atoms with Crippen LogP contribution in [0.3, 0.4) is 0 Å². The number of carbonyl (C=O) groups excluding carboxylic acids is 1. The summed E-state index contributed by atoms with van der Waals surface area (Å²) in [5.41, 5.74) is 1.15. The summed E-state index contributed by atoms with van der Waals surface area (Å²) >= 11 is 4.44. The molecule has 8 heteroatoms. The van der Waals surface area contributed by atoms with Crippen molar-refractivity contribution in [1.82, 2.24) is 5.32 Å². The van der Waals surface area contributed by atoms with Crippen LogP contribution in [-0.4, -0.2) is 19.6 Å². The van der Waals surface area contributed by atoms with Gasteiger partial charge in [-0.1, -0.05) is 19.4 Å². The highest BCUT2D eigenvalue weighted by molar-refractivity contribution is 7.84. The molecule has 1 aliphatic rings. The average molecular weight is 428 g/mol. The topological polar surface area (TPSA) is 74.6 Å². The summed E-state index contributed by atoms with van der Waals surface area (Å²) in [6, 6.07) is 13.0. The van der Waals surface area contributed by atoms with Gasteiger partial charge in [-0.15, -0.1) is 12.6 Å². The normalized spacial score (nSPS) is 16.2. The Morgan fingerprint density at radius 1 is 1.23 bits per heavy atom. The highest BCUT2D eigenvalue weighted by Crippen LogP contribution is 2.38. The smallest absolute Gasteiger partial charge is 0.266 e. The summed E-state index contributed by atoms with van der Waals surface area (Å²) in [5, 5.41) is 12.4. The number of halogens is 1. The molecule has 1 amide bonds. The van der Waals surface area contributed by atoms with Gasteiger partial charge in [0.2, 0.25) is 0 Å². The molecule has 0 aliphatic carbocycles. The summed E-state index contributed by atoms with van der Waals surface area (Å²) in [5.74, 6) is 0.199. The van der Waals surface area contributed by atoms with E-state index in [0.29, 0.717) is 29.4 Å². The lowest BCUT2D eigenvalue weighted by Gasteiger charge is -2.38. The maximum Gasteiger partial charge on any atom is 0.266 e. The van der Waals surface area contributed by atoms with Crippen molar-refractivity contribution in [3.8, 4) is 17.6 Å². The molecule has 156 valence electrons. The van der Waals surface area contributed by atoms with E-state index in [1.54, 1.807) is 42.3 Å². The lowest BCUT2D eigenvalue weighted by Crippen LogP contribution is -2.46. The monoisotopic (exact) mass is 427 g/mol. The molecule has 0 fully saturated rings. The summed E-state index contributed by atoms with van der Waals surface area (Å²) in [6.07, 6.45) is 1.21. The Bertz CT molecular complexity index is 1000. The minimum atomic E-state index is -0.674. The number of benzene rings is 2. The molecule has 0 saturated heterocycles. The highest BCUT2D eigenvalue weighted by Gasteiger charge is 2.34. The lowest BCUT2D eigenvalue weighted by atomic mass is 10.1. The SMILES string of the molecule is CCCCOc1cc(C2NC(=O)C(C#N)=C(S)N2c2ccc(F)cc2)ccc1OC. The van der Waals surface area contributed by atoms with E-state index in [-0.39, 0.29) is 10.6 Å². The molecule has 2 aromatic rings. The number of anilines is 1. The predicted molar refractivity (Wildman–Crippen MR) is 115 cm³/mol. The second-order valence-electron chi connectivity index (χ2n) is 6.65. The molecule has 30 heavy (non-hydrogen) atoms. The molecule has 0 radical (unpaired) electrons. The van der Waals surface area contributed by atoms with Gasteiger partial charge in [-0.2, -0.15) is 5.26 Å². The zero-order valence-electron chi connectivity index (χ0n) is 16.7. The summed E-state index contributed by atoms with van der Waals surface area (Å²) in [6.45, 7) is 2.60. The van der Waals surface area contributed by atoms with Crippen molar-refractivity contribution in [3.05, 3.63) is 64.4 Å². The second kappa shape index (κ2) is 9.55. The maximum atomic E-state index is 13.5. The molecule has 1 aliphatic heterocycles. The molecule has 1 unspecified atom stereocenters. The standard InChI is InChI=1S/C22H22FN3O3S/c1-3-4-11-29-19-12-14(5-10-18(19)28-2)20-25-21(27)17(13-24)22(30)26(20)16-8-6-15(23)7-9-16/h5-10,12,20,30H,3-4,11H2,1-2H3,(H,25,27). The second-order valence-corrected chi connectivity index (χ2v) is 7.07. The number of carbonyl (C=O) groups is 1. The van der Waals surface area contributed by atoms with E-state index >= 15 is 0 Å². The van der Waals surface area contributed by atoms with Gasteiger partial charge in [0.25, 0.3) is 5.91 Å². The van der Waals surface area contributed by atoms with Crippen molar-refractivity contribution in [3.63, 3.8) is 0 Å². The first-order valence-electron chi connectivity index (χ1n) is 9.49. The van der Waals surface area contributed by atoms with Crippen molar-refractivity contribution in [2.75, 3.05) is 18.6 Å². The van der Waals surface area contributed by atoms with Gasteiger partial charge in [-0.3, -0.25) is 4.79 Å². The Morgan fingerprint density at radius 2 is 1.97 bits per heavy atom. The molecule has 2 aromatic carbocycles. The van der Waals surface area contributed by atoms with Gasteiger partial charge in [0, 0.05) is 5.69 Å². The van der Waals surface area contributed by atoms with Crippen LogP contribution in [-0.2, 0) is 4.79 Å². The number of thiol groups is 1. The Morgan fingerprint density at radius 3 is 2.60 bits per heavy atom. The fourth-order valence-corrected chi connectivity index (χ4v) is 3.50. The van der Waals surface area contributed by atoms with Crippen molar-refractivity contribution in [2.45, 2.75) is 25.9 Å². The maximum absolute atomic E-state index is 13.5. The molecule has 0 aromatic heterocycles. The summed E-state index contributed by atoms with van der Waals surface area (Å²) in [4.78, 5) is 14.2. The lowest BCUT2D eigenvalue weighted by molar-refractivity contribution is -0.118. The molecular weight excluding hydrogens is 405 g/mol. The van der Waals surface area contributed by atoms with Crippen LogP contribution in [0.15, 0.2) is 53.1 Å². The van der Waals surface area contributed by atoms with Crippen LogP contribution < -0.4 is 19.7 Å². The Hall–Kier alpha value is -3.18. The van der Waals surface area contributed by atoms with Gasteiger partial charge in [0.15, 0.2) is 11.5 Å². The van der Waals surface area contributed by atoms with E-state index in [1.165, 1.54) is 12.1 Å². The van der Waals surface area contributed by atoms with Gasteiger partial charge < -0.3 is 19.7 Å². The first-order chi connectivity index (χ1) is 14.5. The summed E-state index contributed by atoms with van der Waals surface area (Å²) < 4.78 is 24.7. The first kappa shape index (κ1) is 21.5. The number of hydrogen-bond donors (Lipinski definition) is 2. The Kier molecular flexibility index (Phi) is 6.85. The zero-order chi connectivity index (χ0) is 21.7. The number of unbranched alkanes of at least 4 members (excludes halogenated alkanes) is 1. The van der Waals surface area contributed by atoms with Crippen LogP contribution in [0.4, 0.5) is 10.1 Å². The molecule has 1 N–H and O–H groups in total. The fourth-order valence-electron chi connectivity index (χ4n) is 3.11. The average Bonchev–Trinajstić information content (AvgIpc) is 2.74. The zero-order valence-corrected chi connectivity index (χ0v) is 17.6. The van der Waals surface area contributed by atoms with Gasteiger partial charge >= 0.3 is 0 Å². The number of rotatable bonds is 7. The molecule has 0 saturated carbocycles. The van der Waals surface area contributed by atoms with Gasteiger partial charge in [0.05, 0.1) is 18.7 Å². The fraction of sp³-hybridized carbons (Fsp3) is 0.273. The number of nitriles is 1. The molecule has 6 nitrogen and oxygen atoms in total. The summed E-state index contributed by atoms with van der Waals surface area (Å²) in [7, 11) is 1.56. The number of nitrogens with one attached hydrogen (secondary N) is 1. The van der Waals surface area contributed by atoms with Crippen LogP contribution in [0, 0.1) is 17.1 Å². The predicted octanol–water partition coefficient (Wildman–Crippen LogP) is 4.31. The van der Waals surface area contributed by atoms with Crippen LogP contribution in [0.1, 0.15) is 31.5 Å². The minimum Gasteiger partial charge on any atom is -0.493 e. The van der Waals surface area contributed by atoms with Crippen LogP contribution in [0.25, 0.3) is 0 Å². The van der Waals surface area contributed by atoms with E-state index in [4.69, 9.17) is 9.47 Å². The van der Waals surface area contributed by atoms with Crippen LogP contribution in [0.5, 0.6) is 11.5 Å². The van der Waals surface area contributed by atoms with Crippen LogP contribution in [0.2, 0.25) is 0 Å². The third-order valence-corrected chi connectivity index (χ3v) is 5.12. The Balaban J connectivity index is 2.07. The first-order valence-corrected chi connectivity index (χ1v) is 9.94. The van der Waals surface area contributed by atoms with Crippen molar-refractivity contribution < 1.29 is 18.7 Å². The molecule has 0 bridgehead atoms. The molecular formula is C22H22FN3O3S. The van der Waals surface area contributed by atoms with Gasteiger partial charge in [-0.05, 0) is 48.4 Å². The van der Waals surface area contributed by atoms with E-state index < -0.39 is 17.9 Å². The number of nitrogens with zero attached hydrogens (tertiary/aromatic N) is 2. The quantitative estimate of drug-likeness (QED) is 0.509. The molecule has 1 atom stereocenters. The molecule has 0 spiro atoms. The molecule has 3 rings (SSSR count). The number of amides is 1. The van der Waals surface area contributed by atoms with E-state index in [2.05, 4.69) is 24.9 Å². The van der Waals surface area contributed by atoms with Gasteiger partial charge in [-0.25, -0.2) is 4.39 Å².